The highest BCUT2D eigenvalue weighted by Crippen LogP contribution is 2.36. The van der Waals surface area contributed by atoms with E-state index in [9.17, 15) is 8.42 Å². The maximum absolute atomic E-state index is 11.7. The van der Waals surface area contributed by atoms with Crippen LogP contribution in [0.5, 0.6) is 11.5 Å². The third-order valence-electron chi connectivity index (χ3n) is 2.35. The van der Waals surface area contributed by atoms with Gasteiger partial charge in [0.25, 0.3) is 0 Å². The van der Waals surface area contributed by atoms with Gasteiger partial charge in [0.1, 0.15) is 4.90 Å². The molecule has 0 aliphatic rings. The minimum Gasteiger partial charge on any atom is -0.493 e. The first-order valence-electron chi connectivity index (χ1n) is 5.22. The Labute approximate surface area is 107 Å². The fourth-order valence-corrected chi connectivity index (χ4v) is 2.66. The fraction of sp³-hybridized carbons (Fsp3) is 0.455. The van der Waals surface area contributed by atoms with E-state index in [0.29, 0.717) is 17.9 Å². The molecule has 102 valence electrons. The van der Waals surface area contributed by atoms with E-state index in [1.807, 2.05) is 19.0 Å². The van der Waals surface area contributed by atoms with E-state index < -0.39 is 10.0 Å². The van der Waals surface area contributed by atoms with Crippen LogP contribution in [-0.2, 0) is 16.6 Å². The van der Waals surface area contributed by atoms with Gasteiger partial charge in [0.15, 0.2) is 11.5 Å². The number of ether oxygens (including phenoxy) is 2. The van der Waals surface area contributed by atoms with Gasteiger partial charge in [0.2, 0.25) is 10.0 Å². The molecule has 0 amide bonds. The maximum Gasteiger partial charge on any atom is 0.242 e. The van der Waals surface area contributed by atoms with Crippen molar-refractivity contribution in [2.45, 2.75) is 11.4 Å². The summed E-state index contributed by atoms with van der Waals surface area (Å²) in [6, 6.07) is 3.33. The number of nitrogens with zero attached hydrogens (tertiary/aromatic N) is 1. The average Bonchev–Trinajstić information content (AvgIpc) is 2.25. The Morgan fingerprint density at radius 3 is 2.22 bits per heavy atom. The van der Waals surface area contributed by atoms with Crippen molar-refractivity contribution >= 4 is 10.0 Å². The van der Waals surface area contributed by atoms with Crippen LogP contribution in [0.2, 0.25) is 0 Å². The Morgan fingerprint density at radius 2 is 1.83 bits per heavy atom. The summed E-state index contributed by atoms with van der Waals surface area (Å²) < 4.78 is 33.6. The van der Waals surface area contributed by atoms with Gasteiger partial charge in [-0.05, 0) is 25.7 Å². The first-order valence-corrected chi connectivity index (χ1v) is 6.77. The van der Waals surface area contributed by atoms with E-state index in [-0.39, 0.29) is 10.6 Å². The molecule has 0 atom stereocenters. The number of sulfonamides is 1. The molecule has 0 aliphatic heterocycles. The second-order valence-electron chi connectivity index (χ2n) is 4.07. The summed E-state index contributed by atoms with van der Waals surface area (Å²) in [4.78, 5) is 1.81. The second kappa shape index (κ2) is 5.55. The predicted octanol–water partition coefficient (Wildman–Crippen LogP) is 0.413. The SMILES string of the molecule is COc1ccc(CN(C)C)c(S(N)(=O)=O)c1OC. The third-order valence-corrected chi connectivity index (χ3v) is 3.37. The van der Waals surface area contributed by atoms with E-state index in [2.05, 4.69) is 0 Å². The van der Waals surface area contributed by atoms with Crippen LogP contribution in [-0.4, -0.2) is 41.6 Å². The van der Waals surface area contributed by atoms with Crippen molar-refractivity contribution in [3.8, 4) is 11.5 Å². The van der Waals surface area contributed by atoms with Crippen molar-refractivity contribution < 1.29 is 17.9 Å². The highest BCUT2D eigenvalue weighted by molar-refractivity contribution is 7.89. The lowest BCUT2D eigenvalue weighted by molar-refractivity contribution is 0.341. The average molecular weight is 274 g/mol. The number of rotatable bonds is 5. The Bertz CT molecular complexity index is 526. The quantitative estimate of drug-likeness (QED) is 0.841. The van der Waals surface area contributed by atoms with E-state index in [4.69, 9.17) is 14.6 Å². The Kier molecular flexibility index (Phi) is 4.55. The Balaban J connectivity index is 3.55. The summed E-state index contributed by atoms with van der Waals surface area (Å²) in [6.45, 7) is 0.437. The molecule has 0 aromatic heterocycles. The van der Waals surface area contributed by atoms with Crippen LogP contribution in [0.4, 0.5) is 0 Å². The molecular weight excluding hydrogens is 256 g/mol. The molecule has 2 N–H and O–H groups in total. The molecule has 0 radical (unpaired) electrons. The van der Waals surface area contributed by atoms with Gasteiger partial charge >= 0.3 is 0 Å². The zero-order valence-corrected chi connectivity index (χ0v) is 11.7. The largest absolute Gasteiger partial charge is 0.493 e. The number of hydrogen-bond donors (Lipinski definition) is 1. The summed E-state index contributed by atoms with van der Waals surface area (Å²) >= 11 is 0. The number of methoxy groups -OCH3 is 2. The summed E-state index contributed by atoms with van der Waals surface area (Å²) in [5.74, 6) is 0.475. The number of nitrogens with two attached hydrogens (primary N) is 1. The molecule has 1 aromatic carbocycles. The molecule has 7 heteroatoms. The van der Waals surface area contributed by atoms with Crippen LogP contribution in [0.15, 0.2) is 17.0 Å². The highest BCUT2D eigenvalue weighted by atomic mass is 32.2. The standard InChI is InChI=1S/C11H18N2O4S/c1-13(2)7-8-5-6-9(16-3)10(17-4)11(8)18(12,14)15/h5-6H,7H2,1-4H3,(H2,12,14,15). The number of benzene rings is 1. The topological polar surface area (TPSA) is 81.9 Å². The van der Waals surface area contributed by atoms with Gasteiger partial charge in [-0.25, -0.2) is 13.6 Å². The minimum absolute atomic E-state index is 0.0296. The first-order chi connectivity index (χ1) is 8.31. The molecule has 0 unspecified atom stereocenters. The molecule has 0 saturated heterocycles. The van der Waals surface area contributed by atoms with Crippen molar-refractivity contribution in [2.24, 2.45) is 5.14 Å². The van der Waals surface area contributed by atoms with Crippen LogP contribution >= 0.6 is 0 Å². The lowest BCUT2D eigenvalue weighted by atomic mass is 10.2. The number of hydrogen-bond acceptors (Lipinski definition) is 5. The third kappa shape index (κ3) is 3.12. The lowest BCUT2D eigenvalue weighted by Gasteiger charge is -2.17. The molecule has 0 fully saturated rings. The van der Waals surface area contributed by atoms with Crippen LogP contribution in [0.3, 0.4) is 0 Å². The van der Waals surface area contributed by atoms with Crippen LogP contribution in [0, 0.1) is 0 Å². The Morgan fingerprint density at radius 1 is 1.22 bits per heavy atom. The van der Waals surface area contributed by atoms with Gasteiger partial charge < -0.3 is 14.4 Å². The van der Waals surface area contributed by atoms with Crippen molar-refractivity contribution in [3.63, 3.8) is 0 Å². The van der Waals surface area contributed by atoms with Crippen molar-refractivity contribution in [2.75, 3.05) is 28.3 Å². The van der Waals surface area contributed by atoms with Gasteiger partial charge in [0, 0.05) is 6.54 Å². The predicted molar refractivity (Wildman–Crippen MR) is 68.3 cm³/mol. The molecule has 18 heavy (non-hydrogen) atoms. The monoisotopic (exact) mass is 274 g/mol. The smallest absolute Gasteiger partial charge is 0.242 e. The molecule has 0 saturated carbocycles. The fourth-order valence-electron chi connectivity index (χ4n) is 1.72. The lowest BCUT2D eigenvalue weighted by Crippen LogP contribution is -2.19. The van der Waals surface area contributed by atoms with E-state index in [0.717, 1.165) is 0 Å². The van der Waals surface area contributed by atoms with E-state index >= 15 is 0 Å². The van der Waals surface area contributed by atoms with Crippen LogP contribution < -0.4 is 14.6 Å². The van der Waals surface area contributed by atoms with E-state index in [1.165, 1.54) is 14.2 Å². The first kappa shape index (κ1) is 14.7. The van der Waals surface area contributed by atoms with Crippen molar-refractivity contribution in [1.29, 1.82) is 0 Å². The second-order valence-corrected chi connectivity index (χ2v) is 5.57. The summed E-state index contributed by atoms with van der Waals surface area (Å²) in [6.07, 6.45) is 0. The number of primary sulfonamides is 1. The Hall–Kier alpha value is -1.31. The molecule has 0 spiro atoms. The maximum atomic E-state index is 11.7. The molecule has 6 nitrogen and oxygen atoms in total. The van der Waals surface area contributed by atoms with Gasteiger partial charge in [-0.1, -0.05) is 6.07 Å². The van der Waals surface area contributed by atoms with Crippen LogP contribution in [0.25, 0.3) is 0 Å². The van der Waals surface area contributed by atoms with Crippen molar-refractivity contribution in [1.82, 2.24) is 4.90 Å². The van der Waals surface area contributed by atoms with Gasteiger partial charge in [0.05, 0.1) is 14.2 Å². The minimum atomic E-state index is -3.89. The zero-order chi connectivity index (χ0) is 13.9. The summed E-state index contributed by atoms with van der Waals surface area (Å²) in [7, 11) is 2.61. The zero-order valence-electron chi connectivity index (χ0n) is 10.9. The molecule has 0 aliphatic carbocycles. The van der Waals surface area contributed by atoms with Gasteiger partial charge in [-0.3, -0.25) is 0 Å². The van der Waals surface area contributed by atoms with Gasteiger partial charge in [-0.15, -0.1) is 0 Å². The summed E-state index contributed by atoms with van der Waals surface area (Å²) in [5, 5.41) is 5.25. The van der Waals surface area contributed by atoms with E-state index in [1.54, 1.807) is 12.1 Å². The normalized spacial score (nSPS) is 11.7. The van der Waals surface area contributed by atoms with Crippen LogP contribution in [0.1, 0.15) is 5.56 Å². The molecule has 0 heterocycles. The molecule has 0 bridgehead atoms. The highest BCUT2D eigenvalue weighted by Gasteiger charge is 2.23. The molecular formula is C11H18N2O4S. The van der Waals surface area contributed by atoms with Gasteiger partial charge in [-0.2, -0.15) is 0 Å². The molecule has 1 aromatic rings. The van der Waals surface area contributed by atoms with Crippen molar-refractivity contribution in [3.05, 3.63) is 17.7 Å². The molecule has 1 rings (SSSR count). The summed E-state index contributed by atoms with van der Waals surface area (Å²) in [5.41, 5.74) is 0.570.